The first-order valence-corrected chi connectivity index (χ1v) is 12.0. The van der Waals surface area contributed by atoms with Gasteiger partial charge in [-0.25, -0.2) is 4.79 Å². The van der Waals surface area contributed by atoms with Gasteiger partial charge in [0, 0.05) is 28.1 Å². The Kier molecular flexibility index (Phi) is 6.11. The molecule has 0 spiro atoms. The molecule has 1 atom stereocenters. The zero-order valence-electron chi connectivity index (χ0n) is 19.6. The second-order valence-electron chi connectivity index (χ2n) is 9.52. The average molecular weight is 484 g/mol. The predicted molar refractivity (Wildman–Crippen MR) is 128 cm³/mol. The molecule has 7 heteroatoms. The summed E-state index contributed by atoms with van der Waals surface area (Å²) in [6.07, 6.45) is 0.761. The summed E-state index contributed by atoms with van der Waals surface area (Å²) >= 11 is 0. The second kappa shape index (κ2) is 9.10. The molecule has 2 aromatic carbocycles. The molecule has 0 bridgehead atoms. The van der Waals surface area contributed by atoms with Crippen LogP contribution in [0.2, 0.25) is 0 Å². The molecule has 0 aliphatic heterocycles. The molecule has 0 saturated heterocycles. The van der Waals surface area contributed by atoms with Crippen LogP contribution < -0.4 is 4.74 Å². The number of carbonyl (C=O) groups is 1. The Labute approximate surface area is 202 Å². The molecule has 1 N–H and O–H groups in total. The van der Waals surface area contributed by atoms with Crippen molar-refractivity contribution in [2.45, 2.75) is 63.1 Å². The zero-order chi connectivity index (χ0) is 24.7. The summed E-state index contributed by atoms with van der Waals surface area (Å²) in [6, 6.07) is 10.2. The molecule has 184 valence electrons. The quantitative estimate of drug-likeness (QED) is 0.298. The molecule has 35 heavy (non-hydrogen) atoms. The molecular weight excluding hydrogens is 455 g/mol. The molecule has 3 aromatic rings. The Bertz CT molecular complexity index is 1280. The van der Waals surface area contributed by atoms with Gasteiger partial charge in [0.25, 0.3) is 0 Å². The van der Waals surface area contributed by atoms with Crippen LogP contribution in [0.3, 0.4) is 0 Å². The lowest BCUT2D eigenvalue weighted by atomic mass is 9.91. The largest absolute Gasteiger partial charge is 0.489 e. The monoisotopic (exact) mass is 483 g/mol. The summed E-state index contributed by atoms with van der Waals surface area (Å²) < 4.78 is 52.1. The van der Waals surface area contributed by atoms with Gasteiger partial charge in [-0.1, -0.05) is 31.6 Å². The SMILES string of the molecule is C=C(C(=O)OC)C1CCc2c1[nH]c1ccc(OCc3ccc(C4CCCC4)c(C(F)(F)F)c3)cc21. The molecule has 1 saturated carbocycles. The number of rotatable bonds is 6. The number of hydrogen-bond acceptors (Lipinski definition) is 3. The van der Waals surface area contributed by atoms with Crippen molar-refractivity contribution < 1.29 is 27.4 Å². The number of nitrogens with one attached hydrogen (secondary N) is 1. The topological polar surface area (TPSA) is 51.3 Å². The molecule has 1 heterocycles. The van der Waals surface area contributed by atoms with Crippen LogP contribution >= 0.6 is 0 Å². The van der Waals surface area contributed by atoms with E-state index in [0.29, 0.717) is 22.4 Å². The summed E-state index contributed by atoms with van der Waals surface area (Å²) in [5.41, 5.74) is 3.78. The van der Waals surface area contributed by atoms with Crippen LogP contribution in [0.25, 0.3) is 10.9 Å². The summed E-state index contributed by atoms with van der Waals surface area (Å²) in [6.45, 7) is 3.96. The fourth-order valence-electron chi connectivity index (χ4n) is 5.66. The number of benzene rings is 2. The van der Waals surface area contributed by atoms with Crippen molar-refractivity contribution in [2.75, 3.05) is 7.11 Å². The third kappa shape index (κ3) is 4.44. The van der Waals surface area contributed by atoms with E-state index in [4.69, 9.17) is 9.47 Å². The number of hydrogen-bond donors (Lipinski definition) is 1. The molecule has 4 nitrogen and oxygen atoms in total. The van der Waals surface area contributed by atoms with Crippen molar-refractivity contribution in [1.82, 2.24) is 4.98 Å². The van der Waals surface area contributed by atoms with Crippen LogP contribution in [0.4, 0.5) is 13.2 Å². The normalized spacial score (nSPS) is 18.1. The van der Waals surface area contributed by atoms with Crippen molar-refractivity contribution >= 4 is 16.9 Å². The zero-order valence-corrected chi connectivity index (χ0v) is 19.6. The third-order valence-electron chi connectivity index (χ3n) is 7.43. The summed E-state index contributed by atoms with van der Waals surface area (Å²) in [4.78, 5) is 15.3. The average Bonchev–Trinajstić information content (AvgIpc) is 3.58. The fourth-order valence-corrected chi connectivity index (χ4v) is 5.66. The lowest BCUT2D eigenvalue weighted by Crippen LogP contribution is -2.12. The van der Waals surface area contributed by atoms with Crippen LogP contribution in [0.1, 0.15) is 71.9 Å². The Hall–Kier alpha value is -3.22. The van der Waals surface area contributed by atoms with E-state index in [2.05, 4.69) is 11.6 Å². The van der Waals surface area contributed by atoms with E-state index >= 15 is 0 Å². The highest BCUT2D eigenvalue weighted by Gasteiger charge is 2.36. The van der Waals surface area contributed by atoms with E-state index in [1.54, 1.807) is 18.2 Å². The highest BCUT2D eigenvalue weighted by Crippen LogP contribution is 2.43. The van der Waals surface area contributed by atoms with Crippen molar-refractivity contribution in [3.05, 3.63) is 76.5 Å². The lowest BCUT2D eigenvalue weighted by Gasteiger charge is -2.19. The van der Waals surface area contributed by atoms with Crippen LogP contribution in [-0.2, 0) is 28.7 Å². The van der Waals surface area contributed by atoms with Gasteiger partial charge in [-0.15, -0.1) is 0 Å². The summed E-state index contributed by atoms with van der Waals surface area (Å²) in [7, 11) is 1.35. The minimum absolute atomic E-state index is 0.0150. The Morgan fingerprint density at radius 1 is 1.11 bits per heavy atom. The van der Waals surface area contributed by atoms with Gasteiger partial charge in [0.2, 0.25) is 0 Å². The number of carbonyl (C=O) groups excluding carboxylic acids is 1. The number of methoxy groups -OCH3 is 1. The maximum Gasteiger partial charge on any atom is 0.416 e. The van der Waals surface area contributed by atoms with Gasteiger partial charge < -0.3 is 14.5 Å². The van der Waals surface area contributed by atoms with Crippen molar-refractivity contribution in [2.24, 2.45) is 0 Å². The number of aryl methyl sites for hydroxylation is 1. The Morgan fingerprint density at radius 3 is 2.60 bits per heavy atom. The van der Waals surface area contributed by atoms with Gasteiger partial charge >= 0.3 is 12.1 Å². The summed E-state index contributed by atoms with van der Waals surface area (Å²) in [5, 5.41) is 0.991. The van der Waals surface area contributed by atoms with E-state index in [-0.39, 0.29) is 18.4 Å². The van der Waals surface area contributed by atoms with Crippen molar-refractivity contribution in [1.29, 1.82) is 0 Å². The maximum absolute atomic E-state index is 13.8. The van der Waals surface area contributed by atoms with Crippen molar-refractivity contribution in [3.8, 4) is 5.75 Å². The minimum atomic E-state index is -4.39. The van der Waals surface area contributed by atoms with E-state index in [1.165, 1.54) is 13.2 Å². The molecule has 0 amide bonds. The van der Waals surface area contributed by atoms with Gasteiger partial charge in [0.15, 0.2) is 0 Å². The number of esters is 1. The second-order valence-corrected chi connectivity index (χ2v) is 9.52. The third-order valence-corrected chi connectivity index (χ3v) is 7.43. The minimum Gasteiger partial charge on any atom is -0.489 e. The highest BCUT2D eigenvalue weighted by molar-refractivity contribution is 5.92. The molecule has 2 aliphatic carbocycles. The number of aromatic amines is 1. The van der Waals surface area contributed by atoms with Gasteiger partial charge in [-0.3, -0.25) is 0 Å². The first-order chi connectivity index (χ1) is 16.8. The van der Waals surface area contributed by atoms with Crippen LogP contribution in [0.15, 0.2) is 48.6 Å². The number of aromatic nitrogens is 1. The van der Waals surface area contributed by atoms with E-state index in [9.17, 15) is 18.0 Å². The maximum atomic E-state index is 13.8. The van der Waals surface area contributed by atoms with Crippen LogP contribution in [-0.4, -0.2) is 18.1 Å². The van der Waals surface area contributed by atoms with Crippen LogP contribution in [0, 0.1) is 0 Å². The number of halogens is 3. The molecule has 0 radical (unpaired) electrons. The highest BCUT2D eigenvalue weighted by atomic mass is 19.4. The molecular formula is C28H28F3NO3. The molecule has 1 unspecified atom stereocenters. The smallest absolute Gasteiger partial charge is 0.416 e. The molecule has 1 fully saturated rings. The lowest BCUT2D eigenvalue weighted by molar-refractivity contribution is -0.138. The van der Waals surface area contributed by atoms with E-state index in [0.717, 1.165) is 60.7 Å². The Morgan fingerprint density at radius 2 is 1.89 bits per heavy atom. The number of fused-ring (bicyclic) bond motifs is 3. The van der Waals surface area contributed by atoms with Crippen LogP contribution in [0.5, 0.6) is 5.75 Å². The molecule has 2 aliphatic rings. The number of alkyl halides is 3. The number of H-pyrrole nitrogens is 1. The van der Waals surface area contributed by atoms with Gasteiger partial charge in [0.1, 0.15) is 12.4 Å². The van der Waals surface area contributed by atoms with Gasteiger partial charge in [-0.05, 0) is 72.6 Å². The molecule has 1 aromatic heterocycles. The van der Waals surface area contributed by atoms with Gasteiger partial charge in [-0.2, -0.15) is 13.2 Å². The molecule has 5 rings (SSSR count). The van der Waals surface area contributed by atoms with Crippen molar-refractivity contribution in [3.63, 3.8) is 0 Å². The van der Waals surface area contributed by atoms with E-state index in [1.807, 2.05) is 12.1 Å². The van der Waals surface area contributed by atoms with Gasteiger partial charge in [0.05, 0.1) is 12.7 Å². The fraction of sp³-hybridized carbons (Fsp3) is 0.393. The summed E-state index contributed by atoms with van der Waals surface area (Å²) in [5.74, 6) is 0.0397. The van der Waals surface area contributed by atoms with E-state index < -0.39 is 17.7 Å². The predicted octanol–water partition coefficient (Wildman–Crippen LogP) is 7.18. The standard InChI is InChI=1S/C28H28F3NO3/c1-16(27(33)34-2)20-10-11-22-23-14-19(8-12-25(23)32-26(20)22)35-15-17-7-9-21(18-5-3-4-6-18)24(13-17)28(29,30)31/h7-9,12-14,18,20,32H,1,3-6,10-11,15H2,2H3. The Balaban J connectivity index is 1.36. The first kappa shape index (κ1) is 23.5. The number of ether oxygens (including phenoxy) is 2. The first-order valence-electron chi connectivity index (χ1n) is 12.0.